The summed E-state index contributed by atoms with van der Waals surface area (Å²) < 4.78 is 11.0. The van der Waals surface area contributed by atoms with E-state index in [2.05, 4.69) is 10.00 Å². The summed E-state index contributed by atoms with van der Waals surface area (Å²) in [5, 5.41) is 20.9. The van der Waals surface area contributed by atoms with Gasteiger partial charge in [-0.3, -0.25) is 14.0 Å². The molecule has 3 aromatic heterocycles. The molecule has 0 radical (unpaired) electrons. The maximum Gasteiger partial charge on any atom is 0.407 e. The van der Waals surface area contributed by atoms with Crippen LogP contribution in [0.5, 0.6) is 0 Å². The molecule has 42 heavy (non-hydrogen) atoms. The number of anilines is 1. The molecule has 6 heterocycles. The maximum atomic E-state index is 14.3. The summed E-state index contributed by atoms with van der Waals surface area (Å²) in [5.74, 6) is 0.518. The van der Waals surface area contributed by atoms with Gasteiger partial charge in [-0.2, -0.15) is 15.2 Å². The van der Waals surface area contributed by atoms with E-state index in [4.69, 9.17) is 38.0 Å². The Morgan fingerprint density at radius 1 is 1.14 bits per heavy atom. The van der Waals surface area contributed by atoms with Gasteiger partial charge in [0.25, 0.3) is 5.56 Å². The smallest absolute Gasteiger partial charge is 0.407 e. The van der Waals surface area contributed by atoms with Crippen LogP contribution in [0.4, 0.5) is 10.7 Å². The quantitative estimate of drug-likeness (QED) is 0.340. The lowest BCUT2D eigenvalue weighted by Gasteiger charge is -2.32. The Hall–Kier alpha value is -3.35. The number of hydrogen-bond acceptors (Lipinski definition) is 7. The molecule has 0 saturated carbocycles. The second kappa shape index (κ2) is 10.1. The number of amides is 1. The van der Waals surface area contributed by atoms with Gasteiger partial charge in [0.1, 0.15) is 16.2 Å². The van der Waals surface area contributed by atoms with Gasteiger partial charge >= 0.3 is 6.09 Å². The summed E-state index contributed by atoms with van der Waals surface area (Å²) in [5.41, 5.74) is 1.79. The summed E-state index contributed by atoms with van der Waals surface area (Å²) in [7, 11) is 3.46. The average molecular weight is 616 g/mol. The zero-order valence-corrected chi connectivity index (χ0v) is 25.1. The van der Waals surface area contributed by atoms with Gasteiger partial charge in [-0.25, -0.2) is 9.48 Å². The molecule has 0 spiro atoms. The van der Waals surface area contributed by atoms with Crippen LogP contribution in [-0.2, 0) is 18.8 Å². The van der Waals surface area contributed by atoms with Crippen molar-refractivity contribution in [3.63, 3.8) is 0 Å². The van der Waals surface area contributed by atoms with Crippen LogP contribution in [0.15, 0.2) is 16.9 Å². The topological polar surface area (TPSA) is 124 Å². The van der Waals surface area contributed by atoms with Crippen LogP contribution in [0, 0.1) is 0 Å². The number of nitrogens with zero attached hydrogens (tertiary/aromatic N) is 8. The summed E-state index contributed by atoms with van der Waals surface area (Å²) in [4.78, 5) is 35.1. The summed E-state index contributed by atoms with van der Waals surface area (Å²) in [6.45, 7) is 2.86. The number of fused-ring (bicyclic) bond motifs is 4. The molecule has 7 rings (SSSR count). The van der Waals surface area contributed by atoms with Gasteiger partial charge in [-0.15, -0.1) is 0 Å². The van der Waals surface area contributed by atoms with Crippen molar-refractivity contribution in [3.8, 4) is 11.3 Å². The van der Waals surface area contributed by atoms with Crippen LogP contribution in [0.2, 0.25) is 10.2 Å². The van der Waals surface area contributed by atoms with Crippen LogP contribution < -0.4 is 10.5 Å². The van der Waals surface area contributed by atoms with E-state index in [1.54, 1.807) is 28.0 Å². The fourth-order valence-corrected chi connectivity index (χ4v) is 7.82. The molecule has 0 aliphatic carbocycles. The zero-order valence-electron chi connectivity index (χ0n) is 23.6. The van der Waals surface area contributed by atoms with Gasteiger partial charge in [-0.1, -0.05) is 23.2 Å². The Balaban J connectivity index is 1.43. The molecule has 3 aliphatic rings. The first-order valence-electron chi connectivity index (χ1n) is 14.4. The molecule has 12 nitrogen and oxygen atoms in total. The van der Waals surface area contributed by atoms with Gasteiger partial charge in [0.15, 0.2) is 11.9 Å². The van der Waals surface area contributed by atoms with E-state index in [0.717, 1.165) is 32.1 Å². The van der Waals surface area contributed by atoms with Crippen molar-refractivity contribution < 1.29 is 14.6 Å². The minimum Gasteiger partial charge on any atom is -0.465 e. The maximum absolute atomic E-state index is 14.3. The normalized spacial score (nSPS) is 23.9. The first kappa shape index (κ1) is 27.5. The summed E-state index contributed by atoms with van der Waals surface area (Å²) >= 11 is 13.5. The first-order chi connectivity index (χ1) is 20.2. The molecule has 1 unspecified atom stereocenters. The molecule has 1 N–H and O–H groups in total. The second-order valence-corrected chi connectivity index (χ2v) is 12.1. The molecule has 1 aromatic carbocycles. The van der Waals surface area contributed by atoms with Gasteiger partial charge in [0.05, 0.1) is 28.0 Å². The largest absolute Gasteiger partial charge is 0.465 e. The number of benzene rings is 1. The molecule has 4 aromatic rings. The van der Waals surface area contributed by atoms with Crippen molar-refractivity contribution >= 4 is 57.2 Å². The predicted molar refractivity (Wildman–Crippen MR) is 159 cm³/mol. The standard InChI is InChI=1S/C28H32Cl2N8O4/c1-4-36(28(40)41)18-13-14-8-11-17(18)37(14)27-31-25-21(26(39)34(27)2)23(33-38(25)19-7-5-6-12-42-19)15-9-10-16-20(22(15)29)24(30)35(3)32-16/h9-10,14,17-19H,4-8,11-13H2,1-3H3,(H,40,41)/t14-,17+,18+,19?/m0/s1. The highest BCUT2D eigenvalue weighted by atomic mass is 35.5. The Bertz CT molecular complexity index is 1790. The Morgan fingerprint density at radius 2 is 1.95 bits per heavy atom. The highest BCUT2D eigenvalue weighted by molar-refractivity contribution is 6.43. The molecule has 4 atom stereocenters. The minimum atomic E-state index is -0.924. The summed E-state index contributed by atoms with van der Waals surface area (Å²) in [6, 6.07) is 3.51. The number of rotatable bonds is 5. The molecular formula is C28H32Cl2N8O4. The van der Waals surface area contributed by atoms with Crippen molar-refractivity contribution in [3.05, 3.63) is 32.7 Å². The Labute approximate surface area is 251 Å². The fraction of sp³-hybridized carbons (Fsp3) is 0.536. The lowest BCUT2D eigenvalue weighted by atomic mass is 9.94. The van der Waals surface area contributed by atoms with Gasteiger partial charge in [0.2, 0.25) is 5.95 Å². The third kappa shape index (κ3) is 3.95. The third-order valence-corrected chi connectivity index (χ3v) is 10.0. The van der Waals surface area contributed by atoms with Crippen LogP contribution >= 0.6 is 23.2 Å². The van der Waals surface area contributed by atoms with E-state index < -0.39 is 6.09 Å². The van der Waals surface area contributed by atoms with Crippen LogP contribution in [0.3, 0.4) is 0 Å². The highest BCUT2D eigenvalue weighted by Gasteiger charge is 2.51. The third-order valence-electron chi connectivity index (χ3n) is 9.18. The molecule has 1 amide bonds. The van der Waals surface area contributed by atoms with E-state index in [1.807, 2.05) is 19.1 Å². The zero-order chi connectivity index (χ0) is 29.4. The number of ether oxygens (including phenoxy) is 1. The van der Waals surface area contributed by atoms with Crippen molar-refractivity contribution in [2.45, 2.75) is 69.8 Å². The molecule has 2 bridgehead atoms. The summed E-state index contributed by atoms with van der Waals surface area (Å²) in [6.07, 6.45) is 3.83. The number of aromatic nitrogens is 6. The lowest BCUT2D eigenvalue weighted by Crippen LogP contribution is -2.47. The van der Waals surface area contributed by atoms with E-state index in [1.165, 1.54) is 4.90 Å². The van der Waals surface area contributed by atoms with Crippen LogP contribution in [-0.4, -0.2) is 76.5 Å². The molecule has 3 saturated heterocycles. The van der Waals surface area contributed by atoms with E-state index in [0.29, 0.717) is 68.9 Å². The highest BCUT2D eigenvalue weighted by Crippen LogP contribution is 2.44. The van der Waals surface area contributed by atoms with Gasteiger partial charge < -0.3 is 19.6 Å². The fourth-order valence-electron chi connectivity index (χ4n) is 7.21. The van der Waals surface area contributed by atoms with Crippen LogP contribution in [0.25, 0.3) is 33.2 Å². The SMILES string of the molecule is CCN(C(=O)O)[C@@H]1C[C@@H]2CC[C@H]1N2c1nc2c(c(-c3ccc4nn(C)c(Cl)c4c3Cl)nn2C2CCCCO2)c(=O)n1C. The van der Waals surface area contributed by atoms with E-state index in [9.17, 15) is 14.7 Å². The van der Waals surface area contributed by atoms with Crippen LogP contribution in [0.1, 0.15) is 51.7 Å². The number of likely N-dealkylation sites (N-methyl/N-ethyl adjacent to an activating group) is 1. The number of carboxylic acid groups (broad SMARTS) is 1. The number of hydrogen-bond donors (Lipinski definition) is 1. The molecular weight excluding hydrogens is 583 g/mol. The van der Waals surface area contributed by atoms with Crippen molar-refractivity contribution in [2.75, 3.05) is 18.1 Å². The number of halogens is 2. The molecule has 222 valence electrons. The van der Waals surface area contributed by atoms with E-state index >= 15 is 0 Å². The number of carbonyl (C=O) groups is 1. The van der Waals surface area contributed by atoms with Crippen molar-refractivity contribution in [2.24, 2.45) is 14.1 Å². The Kier molecular flexibility index (Phi) is 6.63. The molecule has 3 fully saturated rings. The predicted octanol–water partition coefficient (Wildman–Crippen LogP) is 4.80. The lowest BCUT2D eigenvalue weighted by molar-refractivity contribution is -0.0368. The van der Waals surface area contributed by atoms with E-state index in [-0.39, 0.29) is 29.9 Å². The molecule has 14 heteroatoms. The second-order valence-electron chi connectivity index (χ2n) is 11.4. The molecule has 3 aliphatic heterocycles. The average Bonchev–Trinajstić information content (AvgIpc) is 3.72. The first-order valence-corrected chi connectivity index (χ1v) is 15.2. The minimum absolute atomic E-state index is 0.0621. The van der Waals surface area contributed by atoms with Crippen molar-refractivity contribution in [1.82, 2.24) is 34.0 Å². The van der Waals surface area contributed by atoms with Gasteiger partial charge in [0, 0.05) is 38.9 Å². The van der Waals surface area contributed by atoms with Gasteiger partial charge in [-0.05, 0) is 57.6 Å². The Morgan fingerprint density at radius 3 is 2.67 bits per heavy atom. The van der Waals surface area contributed by atoms with Crippen molar-refractivity contribution in [1.29, 1.82) is 0 Å². The monoisotopic (exact) mass is 614 g/mol. The number of aryl methyl sites for hydroxylation is 1.